The Labute approximate surface area is 163 Å². The maximum Gasteiger partial charge on any atom is 0.187 e. The fourth-order valence-corrected chi connectivity index (χ4v) is 2.39. The molecule has 0 spiro atoms. The molecule has 7 heteroatoms. The Morgan fingerprint density at radius 3 is 2.85 bits per heavy atom. The average Bonchev–Trinajstić information content (AvgIpc) is 2.65. The van der Waals surface area contributed by atoms with Gasteiger partial charge in [0.05, 0.1) is 13.3 Å². The highest BCUT2D eigenvalue weighted by Gasteiger charge is 2.06. The van der Waals surface area contributed by atoms with Crippen LogP contribution in [0.25, 0.3) is 0 Å². The van der Waals surface area contributed by atoms with Gasteiger partial charge in [0, 0.05) is 11.6 Å². The lowest BCUT2D eigenvalue weighted by Crippen LogP contribution is -2.31. The van der Waals surface area contributed by atoms with E-state index < -0.39 is 0 Å². The number of hydrogen-bond acceptors (Lipinski definition) is 4. The summed E-state index contributed by atoms with van der Waals surface area (Å²) in [6.45, 7) is 4.58. The number of halogens is 1. The Balaban J connectivity index is 1.98. The van der Waals surface area contributed by atoms with Crippen molar-refractivity contribution in [3.63, 3.8) is 0 Å². The second-order valence-corrected chi connectivity index (χ2v) is 6.04. The van der Waals surface area contributed by atoms with Crippen LogP contribution < -0.4 is 20.2 Å². The number of benzene rings is 2. The van der Waals surface area contributed by atoms with E-state index >= 15 is 0 Å². The number of nitrogens with zero attached hydrogens (tertiary/aromatic N) is 1. The third kappa shape index (κ3) is 6.38. The summed E-state index contributed by atoms with van der Waals surface area (Å²) >= 11 is 11.0. The lowest BCUT2D eigenvalue weighted by molar-refractivity contribution is 0.284. The van der Waals surface area contributed by atoms with Crippen LogP contribution in [0.4, 0.5) is 0 Å². The Hall–Kier alpha value is -2.57. The Morgan fingerprint density at radius 1 is 1.27 bits per heavy atom. The minimum absolute atomic E-state index is 0.398. The lowest BCUT2D eigenvalue weighted by Gasteiger charge is -2.11. The maximum atomic E-state index is 5.99. The summed E-state index contributed by atoms with van der Waals surface area (Å²) in [5.74, 6) is 1.25. The van der Waals surface area contributed by atoms with Gasteiger partial charge in [0.1, 0.15) is 6.61 Å². The van der Waals surface area contributed by atoms with Gasteiger partial charge in [-0.15, -0.1) is 6.58 Å². The quantitative estimate of drug-likeness (QED) is 0.310. The molecule has 0 saturated heterocycles. The van der Waals surface area contributed by atoms with Crippen LogP contribution in [0.1, 0.15) is 11.1 Å². The molecule has 5 nitrogen and oxygen atoms in total. The summed E-state index contributed by atoms with van der Waals surface area (Å²) in [7, 11) is 1.59. The summed E-state index contributed by atoms with van der Waals surface area (Å²) in [6, 6.07) is 13.1. The summed E-state index contributed by atoms with van der Waals surface area (Å²) in [5.41, 5.74) is 4.55. The van der Waals surface area contributed by atoms with Gasteiger partial charge in [-0.3, -0.25) is 5.43 Å². The molecule has 0 amide bonds. The normalized spacial score (nSPS) is 10.4. The van der Waals surface area contributed by atoms with Gasteiger partial charge >= 0.3 is 0 Å². The van der Waals surface area contributed by atoms with Crippen molar-refractivity contribution in [1.29, 1.82) is 0 Å². The molecular formula is C19H20ClN3O2S. The highest BCUT2D eigenvalue weighted by molar-refractivity contribution is 7.80. The Bertz CT molecular complexity index is 796. The smallest absolute Gasteiger partial charge is 0.187 e. The highest BCUT2D eigenvalue weighted by Crippen LogP contribution is 2.28. The van der Waals surface area contributed by atoms with Crippen LogP contribution in [0.15, 0.2) is 60.2 Å². The minimum Gasteiger partial charge on any atom is -0.493 e. The first-order chi connectivity index (χ1) is 12.6. The van der Waals surface area contributed by atoms with Crippen LogP contribution >= 0.6 is 23.8 Å². The van der Waals surface area contributed by atoms with Gasteiger partial charge in [0.15, 0.2) is 16.6 Å². The van der Waals surface area contributed by atoms with E-state index in [1.165, 1.54) is 0 Å². The fourth-order valence-electron chi connectivity index (χ4n) is 2.04. The van der Waals surface area contributed by atoms with E-state index in [9.17, 15) is 0 Å². The lowest BCUT2D eigenvalue weighted by atomic mass is 10.2. The molecule has 0 saturated carbocycles. The molecule has 26 heavy (non-hydrogen) atoms. The summed E-state index contributed by atoms with van der Waals surface area (Å²) < 4.78 is 11.2. The van der Waals surface area contributed by atoms with Crippen molar-refractivity contribution in [1.82, 2.24) is 10.7 Å². The van der Waals surface area contributed by atoms with Crippen molar-refractivity contribution < 1.29 is 9.47 Å². The number of rotatable bonds is 8. The topological polar surface area (TPSA) is 54.9 Å². The molecular weight excluding hydrogens is 370 g/mol. The zero-order valence-electron chi connectivity index (χ0n) is 14.4. The van der Waals surface area contributed by atoms with Crippen molar-refractivity contribution >= 4 is 35.1 Å². The molecule has 0 aromatic heterocycles. The largest absolute Gasteiger partial charge is 0.493 e. The third-order valence-corrected chi connectivity index (χ3v) is 3.73. The molecule has 2 aromatic carbocycles. The van der Waals surface area contributed by atoms with Crippen molar-refractivity contribution in [3.05, 3.63) is 71.3 Å². The monoisotopic (exact) mass is 389 g/mol. The fraction of sp³-hybridized carbons (Fsp3) is 0.158. The van der Waals surface area contributed by atoms with Crippen molar-refractivity contribution in [2.75, 3.05) is 13.7 Å². The van der Waals surface area contributed by atoms with Gasteiger partial charge in [-0.25, -0.2) is 0 Å². The van der Waals surface area contributed by atoms with Crippen LogP contribution in [0.5, 0.6) is 11.5 Å². The molecule has 0 heterocycles. The second kappa shape index (κ2) is 10.4. The predicted molar refractivity (Wildman–Crippen MR) is 110 cm³/mol. The molecule has 136 valence electrons. The van der Waals surface area contributed by atoms with Gasteiger partial charge in [-0.1, -0.05) is 29.8 Å². The molecule has 0 atom stereocenters. The van der Waals surface area contributed by atoms with Crippen molar-refractivity contribution in [3.8, 4) is 11.5 Å². The van der Waals surface area contributed by atoms with Gasteiger partial charge in [0.2, 0.25) is 0 Å². The molecule has 0 unspecified atom stereocenters. The van der Waals surface area contributed by atoms with Crippen molar-refractivity contribution in [2.45, 2.75) is 6.61 Å². The van der Waals surface area contributed by atoms with E-state index in [2.05, 4.69) is 22.4 Å². The van der Waals surface area contributed by atoms with E-state index in [1.54, 1.807) is 19.4 Å². The first-order valence-electron chi connectivity index (χ1n) is 7.85. The Morgan fingerprint density at radius 2 is 2.12 bits per heavy atom. The molecule has 2 N–H and O–H groups in total. The van der Waals surface area contributed by atoms with E-state index in [-0.39, 0.29) is 0 Å². The number of methoxy groups -OCH3 is 1. The van der Waals surface area contributed by atoms with Crippen LogP contribution in [0, 0.1) is 0 Å². The molecule has 0 aliphatic carbocycles. The molecule has 2 rings (SSSR count). The van der Waals surface area contributed by atoms with E-state index in [4.69, 9.17) is 33.3 Å². The average molecular weight is 390 g/mol. The van der Waals surface area contributed by atoms with Gasteiger partial charge in [0.25, 0.3) is 0 Å². The van der Waals surface area contributed by atoms with E-state index in [0.29, 0.717) is 34.8 Å². The highest BCUT2D eigenvalue weighted by atomic mass is 35.5. The summed E-state index contributed by atoms with van der Waals surface area (Å²) in [6.07, 6.45) is 3.36. The molecule has 0 aliphatic rings. The number of nitrogens with one attached hydrogen (secondary N) is 2. The zero-order valence-corrected chi connectivity index (χ0v) is 15.9. The zero-order chi connectivity index (χ0) is 18.8. The molecule has 0 bridgehead atoms. The van der Waals surface area contributed by atoms with Crippen LogP contribution in [-0.4, -0.2) is 25.0 Å². The number of thiocarbonyl (C=S) groups is 1. The van der Waals surface area contributed by atoms with Crippen LogP contribution in [0.2, 0.25) is 5.02 Å². The molecule has 2 aromatic rings. The van der Waals surface area contributed by atoms with Gasteiger partial charge in [-0.05, 0) is 53.7 Å². The standard InChI is InChI=1S/C19H20ClN3O2S/c1-3-9-21-19(26)23-22-12-14-7-8-17(18(11-14)24-2)25-13-15-5-4-6-16(20)10-15/h3-8,10-12H,1,9,13H2,2H3,(H2,21,23,26)/b22-12-. The van der Waals surface area contributed by atoms with E-state index in [1.807, 2.05) is 42.5 Å². The maximum absolute atomic E-state index is 5.99. The van der Waals surface area contributed by atoms with E-state index in [0.717, 1.165) is 11.1 Å². The number of hydrogen-bond donors (Lipinski definition) is 2. The first kappa shape index (κ1) is 19.8. The van der Waals surface area contributed by atoms with Gasteiger partial charge in [-0.2, -0.15) is 5.10 Å². The molecule has 0 fully saturated rings. The SMILES string of the molecule is C=CCNC(=S)N/N=C\c1ccc(OCc2cccc(Cl)c2)c(OC)c1. The predicted octanol–water partition coefficient (Wildman–Crippen LogP) is 3.91. The summed E-state index contributed by atoms with van der Waals surface area (Å²) in [4.78, 5) is 0. The first-order valence-corrected chi connectivity index (χ1v) is 8.64. The molecule has 0 radical (unpaired) electrons. The third-order valence-electron chi connectivity index (χ3n) is 3.26. The van der Waals surface area contributed by atoms with Crippen molar-refractivity contribution in [2.24, 2.45) is 5.10 Å². The van der Waals surface area contributed by atoms with Crippen LogP contribution in [-0.2, 0) is 6.61 Å². The molecule has 0 aliphatic heterocycles. The minimum atomic E-state index is 0.398. The summed E-state index contributed by atoms with van der Waals surface area (Å²) in [5, 5.41) is 8.10. The number of hydrazone groups is 1. The Kier molecular flexibility index (Phi) is 7.92. The van der Waals surface area contributed by atoms with Crippen LogP contribution in [0.3, 0.4) is 0 Å². The second-order valence-electron chi connectivity index (χ2n) is 5.20. The van der Waals surface area contributed by atoms with Gasteiger partial charge < -0.3 is 14.8 Å². The number of ether oxygens (including phenoxy) is 2.